The zero-order valence-corrected chi connectivity index (χ0v) is 19.0. The first kappa shape index (κ1) is 21.8. The number of halogens is 1. The Balaban J connectivity index is 1.63. The summed E-state index contributed by atoms with van der Waals surface area (Å²) >= 11 is 6.05. The van der Waals surface area contributed by atoms with Crippen molar-refractivity contribution in [1.82, 2.24) is 13.6 Å². The molecule has 0 spiro atoms. The third kappa shape index (κ3) is 4.46. The summed E-state index contributed by atoms with van der Waals surface area (Å²) < 4.78 is 28.6. The van der Waals surface area contributed by atoms with Gasteiger partial charge in [-0.2, -0.15) is 17.8 Å². The van der Waals surface area contributed by atoms with Gasteiger partial charge in [0.05, 0.1) is 12.3 Å². The fourth-order valence-corrected chi connectivity index (χ4v) is 5.51. The number of piperidine rings is 1. The Morgan fingerprint density at radius 2 is 1.71 bits per heavy atom. The van der Waals surface area contributed by atoms with Crippen LogP contribution in [-0.4, -0.2) is 60.4 Å². The predicted octanol–water partition coefficient (Wildman–Crippen LogP) is 3.74. The van der Waals surface area contributed by atoms with Crippen LogP contribution >= 0.6 is 11.6 Å². The van der Waals surface area contributed by atoms with E-state index in [0.29, 0.717) is 24.7 Å². The maximum atomic E-state index is 13.0. The second-order valence-electron chi connectivity index (χ2n) is 7.80. The molecule has 1 N–H and O–H groups in total. The van der Waals surface area contributed by atoms with Crippen LogP contribution in [0.1, 0.15) is 36.3 Å². The van der Waals surface area contributed by atoms with Crippen LogP contribution in [0.15, 0.2) is 59.7 Å². The highest BCUT2D eigenvalue weighted by Gasteiger charge is 2.36. The van der Waals surface area contributed by atoms with Crippen LogP contribution in [0.3, 0.4) is 0 Å². The number of guanidine groups is 1. The molecule has 164 valence electrons. The summed E-state index contributed by atoms with van der Waals surface area (Å²) in [7, 11) is -2.32. The van der Waals surface area contributed by atoms with Gasteiger partial charge < -0.3 is 0 Å². The molecule has 1 atom stereocenters. The van der Waals surface area contributed by atoms with Gasteiger partial charge >= 0.3 is 10.2 Å². The van der Waals surface area contributed by atoms with Crippen molar-refractivity contribution in [3.63, 3.8) is 0 Å². The molecule has 2 aliphatic rings. The minimum atomic E-state index is -3.75. The summed E-state index contributed by atoms with van der Waals surface area (Å²) in [5, 5.41) is 15.4. The number of benzene rings is 2. The van der Waals surface area contributed by atoms with E-state index in [0.717, 1.165) is 40.4 Å². The number of rotatable bonds is 4. The van der Waals surface area contributed by atoms with Crippen molar-refractivity contribution in [3.05, 3.63) is 70.7 Å². The van der Waals surface area contributed by atoms with E-state index in [4.69, 9.17) is 17.0 Å². The lowest BCUT2D eigenvalue weighted by atomic mass is 9.91. The second kappa shape index (κ2) is 8.98. The fourth-order valence-electron chi connectivity index (χ4n) is 4.00. The van der Waals surface area contributed by atoms with E-state index >= 15 is 0 Å². The van der Waals surface area contributed by atoms with E-state index in [-0.39, 0.29) is 11.9 Å². The lowest BCUT2D eigenvalue weighted by Crippen LogP contribution is -2.50. The number of nitrogens with one attached hydrogen (secondary N) is 1. The van der Waals surface area contributed by atoms with Crippen molar-refractivity contribution in [3.8, 4) is 0 Å². The highest BCUT2D eigenvalue weighted by Crippen LogP contribution is 2.30. The van der Waals surface area contributed by atoms with E-state index in [2.05, 4.69) is 5.10 Å². The van der Waals surface area contributed by atoms with Gasteiger partial charge in [0.25, 0.3) is 0 Å². The number of hydrogen-bond acceptors (Lipinski definition) is 4. The summed E-state index contributed by atoms with van der Waals surface area (Å²) in [5.74, 6) is -0.246. The first-order valence-electron chi connectivity index (χ1n) is 10.4. The molecule has 0 bridgehead atoms. The predicted molar refractivity (Wildman–Crippen MR) is 124 cm³/mol. The topological polar surface area (TPSA) is 80.1 Å². The van der Waals surface area contributed by atoms with Gasteiger partial charge in [0, 0.05) is 31.1 Å². The van der Waals surface area contributed by atoms with Crippen molar-refractivity contribution < 1.29 is 8.42 Å². The molecule has 0 radical (unpaired) electrons. The van der Waals surface area contributed by atoms with Crippen LogP contribution in [-0.2, 0) is 10.2 Å². The first-order valence-corrected chi connectivity index (χ1v) is 12.1. The van der Waals surface area contributed by atoms with Gasteiger partial charge in [-0.25, -0.2) is 9.31 Å². The van der Waals surface area contributed by atoms with E-state index in [1.165, 1.54) is 16.4 Å². The van der Waals surface area contributed by atoms with Gasteiger partial charge in [-0.1, -0.05) is 60.5 Å². The molecule has 2 heterocycles. The average Bonchev–Trinajstić information content (AvgIpc) is 3.25. The van der Waals surface area contributed by atoms with Gasteiger partial charge in [-0.05, 0) is 36.1 Å². The first-order chi connectivity index (χ1) is 14.9. The van der Waals surface area contributed by atoms with Gasteiger partial charge in [0.1, 0.15) is 0 Å². The summed E-state index contributed by atoms with van der Waals surface area (Å²) in [4.78, 5) is 0. The van der Waals surface area contributed by atoms with Gasteiger partial charge in [0.2, 0.25) is 5.96 Å². The fraction of sp³-hybridized carbons (Fsp3) is 0.364. The molecule has 1 unspecified atom stereocenters. The Morgan fingerprint density at radius 1 is 1.06 bits per heavy atom. The molecule has 1 fully saturated rings. The van der Waals surface area contributed by atoms with E-state index in [1.807, 2.05) is 54.6 Å². The highest BCUT2D eigenvalue weighted by atomic mass is 35.5. The van der Waals surface area contributed by atoms with Crippen LogP contribution in [0.25, 0.3) is 0 Å². The quantitative estimate of drug-likeness (QED) is 0.558. The van der Waals surface area contributed by atoms with E-state index < -0.39 is 10.2 Å². The lowest BCUT2D eigenvalue weighted by molar-refractivity contribution is 0.324. The lowest BCUT2D eigenvalue weighted by Gasteiger charge is -2.32. The molecule has 2 aliphatic heterocycles. The van der Waals surface area contributed by atoms with Crippen molar-refractivity contribution in [2.45, 2.75) is 25.2 Å². The Kier molecular flexibility index (Phi) is 6.31. The maximum Gasteiger partial charge on any atom is 0.306 e. The second-order valence-corrected chi connectivity index (χ2v) is 10.2. The Bertz CT molecular complexity index is 1070. The van der Waals surface area contributed by atoms with Gasteiger partial charge in [-0.15, -0.1) is 0 Å². The molecule has 0 saturated carbocycles. The molecule has 4 rings (SSSR count). The molecule has 9 heteroatoms. The van der Waals surface area contributed by atoms with Gasteiger partial charge in [-0.3, -0.25) is 5.41 Å². The molecule has 0 aromatic heterocycles. The van der Waals surface area contributed by atoms with Crippen molar-refractivity contribution in [1.29, 1.82) is 5.41 Å². The molecular formula is C22H26ClN5O2S. The largest absolute Gasteiger partial charge is 0.306 e. The molecular weight excluding hydrogens is 434 g/mol. The molecule has 0 amide bonds. The molecule has 7 nitrogen and oxygen atoms in total. The van der Waals surface area contributed by atoms with Crippen molar-refractivity contribution >= 4 is 33.5 Å². The monoisotopic (exact) mass is 459 g/mol. The average molecular weight is 460 g/mol. The molecule has 31 heavy (non-hydrogen) atoms. The SMILES string of the molecule is CN(C(=N)N1CC(c2ccccc2)C(c2ccc(Cl)cc2)=N1)S(=O)(=O)N1CCCCC1. The number of nitrogens with zero attached hydrogens (tertiary/aromatic N) is 4. The highest BCUT2D eigenvalue weighted by molar-refractivity contribution is 7.87. The van der Waals surface area contributed by atoms with Crippen LogP contribution in [0.5, 0.6) is 0 Å². The van der Waals surface area contributed by atoms with Crippen LogP contribution in [0, 0.1) is 5.41 Å². The third-order valence-corrected chi connectivity index (χ3v) is 7.92. The van der Waals surface area contributed by atoms with Crippen LogP contribution < -0.4 is 0 Å². The van der Waals surface area contributed by atoms with Crippen molar-refractivity contribution in [2.24, 2.45) is 5.10 Å². The zero-order valence-electron chi connectivity index (χ0n) is 17.4. The number of hydrogen-bond donors (Lipinski definition) is 1. The van der Waals surface area contributed by atoms with E-state index in [1.54, 1.807) is 0 Å². The summed E-state index contributed by atoms with van der Waals surface area (Å²) in [6.07, 6.45) is 2.73. The molecule has 1 saturated heterocycles. The van der Waals surface area contributed by atoms with E-state index in [9.17, 15) is 8.42 Å². The maximum absolute atomic E-state index is 13.0. The summed E-state index contributed by atoms with van der Waals surface area (Å²) in [5.41, 5.74) is 2.75. The molecule has 2 aromatic rings. The molecule has 0 aliphatic carbocycles. The standard InChI is InChI=1S/C22H26ClN5O2S/c1-26(31(29,30)27-14-6-3-7-15-27)22(24)28-16-20(17-8-4-2-5-9-17)21(25-28)18-10-12-19(23)13-11-18/h2,4-5,8-13,20,24H,3,6-7,14-16H2,1H3. The summed E-state index contributed by atoms with van der Waals surface area (Å²) in [6, 6.07) is 17.4. The minimum Gasteiger partial charge on any atom is -0.267 e. The third-order valence-electron chi connectivity index (χ3n) is 5.79. The zero-order chi connectivity index (χ0) is 22.0. The molecule has 2 aromatic carbocycles. The Labute approximate surface area is 188 Å². The van der Waals surface area contributed by atoms with Crippen molar-refractivity contribution in [2.75, 3.05) is 26.7 Å². The number of hydrazone groups is 1. The summed E-state index contributed by atoms with van der Waals surface area (Å²) in [6.45, 7) is 1.37. The normalized spacial score (nSPS) is 19.9. The van der Waals surface area contributed by atoms with Crippen LogP contribution in [0.4, 0.5) is 0 Å². The Morgan fingerprint density at radius 3 is 2.35 bits per heavy atom. The smallest absolute Gasteiger partial charge is 0.267 e. The minimum absolute atomic E-state index is 0.0891. The van der Waals surface area contributed by atoms with Gasteiger partial charge in [0.15, 0.2) is 0 Å². The Hall–Kier alpha value is -2.42. The van der Waals surface area contributed by atoms with Crippen LogP contribution in [0.2, 0.25) is 5.02 Å².